The van der Waals surface area contributed by atoms with Crippen LogP contribution in [0.25, 0.3) is 11.0 Å². The van der Waals surface area contributed by atoms with Gasteiger partial charge in [0.2, 0.25) is 0 Å². The molecule has 1 aliphatic rings. The number of aryl methyl sites for hydroxylation is 1. The third kappa shape index (κ3) is 3.45. The van der Waals surface area contributed by atoms with Crippen LogP contribution in [0.5, 0.6) is 5.75 Å². The molecular weight excluding hydrogens is 344 g/mol. The van der Waals surface area contributed by atoms with Gasteiger partial charge in [0.05, 0.1) is 12.2 Å². The zero-order chi connectivity index (χ0) is 18.8. The van der Waals surface area contributed by atoms with Crippen molar-refractivity contribution >= 4 is 16.9 Å². The van der Waals surface area contributed by atoms with Crippen molar-refractivity contribution in [3.05, 3.63) is 75.1 Å². The first-order valence-electron chi connectivity index (χ1n) is 9.13. The maximum Gasteiger partial charge on any atom is 0.339 e. The van der Waals surface area contributed by atoms with Gasteiger partial charge in [0.1, 0.15) is 17.9 Å². The average Bonchev–Trinajstić information content (AvgIpc) is 3.17. The molecule has 5 heteroatoms. The predicted molar refractivity (Wildman–Crippen MR) is 101 cm³/mol. The summed E-state index contributed by atoms with van der Waals surface area (Å²) in [6.07, 6.45) is 2.72. The Morgan fingerprint density at radius 1 is 1.07 bits per heavy atom. The van der Waals surface area contributed by atoms with Gasteiger partial charge in [-0.25, -0.2) is 9.59 Å². The first-order valence-corrected chi connectivity index (χ1v) is 9.13. The predicted octanol–water partition coefficient (Wildman–Crippen LogP) is 4.04. The third-order valence-corrected chi connectivity index (χ3v) is 4.82. The summed E-state index contributed by atoms with van der Waals surface area (Å²) >= 11 is 0. The van der Waals surface area contributed by atoms with Gasteiger partial charge in [-0.05, 0) is 61.6 Å². The van der Waals surface area contributed by atoms with E-state index in [1.54, 1.807) is 25.1 Å². The summed E-state index contributed by atoms with van der Waals surface area (Å²) in [6.45, 7) is 2.48. The lowest BCUT2D eigenvalue weighted by Gasteiger charge is -2.09. The van der Waals surface area contributed by atoms with E-state index in [2.05, 4.69) is 0 Å². The minimum Gasteiger partial charge on any atom is -0.489 e. The quantitative estimate of drug-likeness (QED) is 0.505. The van der Waals surface area contributed by atoms with Crippen molar-refractivity contribution in [2.75, 3.05) is 6.61 Å². The molecule has 0 amide bonds. The molecule has 0 fully saturated rings. The second-order valence-corrected chi connectivity index (χ2v) is 6.56. The molecule has 5 nitrogen and oxygen atoms in total. The maximum absolute atomic E-state index is 12.1. The fourth-order valence-corrected chi connectivity index (χ4v) is 3.47. The van der Waals surface area contributed by atoms with E-state index in [1.165, 1.54) is 0 Å². The molecule has 0 saturated carbocycles. The smallest absolute Gasteiger partial charge is 0.339 e. The molecular formula is C22H20O5. The molecule has 4 rings (SSSR count). The molecule has 0 aliphatic heterocycles. The van der Waals surface area contributed by atoms with Crippen LogP contribution in [0.15, 0.2) is 51.7 Å². The van der Waals surface area contributed by atoms with Crippen molar-refractivity contribution < 1.29 is 18.7 Å². The highest BCUT2D eigenvalue weighted by molar-refractivity contribution is 5.89. The van der Waals surface area contributed by atoms with Crippen molar-refractivity contribution in [2.45, 2.75) is 32.8 Å². The average molecular weight is 364 g/mol. The third-order valence-electron chi connectivity index (χ3n) is 4.82. The summed E-state index contributed by atoms with van der Waals surface area (Å²) in [5, 5.41) is 0.994. The number of carbonyl (C=O) groups excluding carboxylic acids is 1. The molecule has 1 aromatic heterocycles. The van der Waals surface area contributed by atoms with E-state index in [9.17, 15) is 9.59 Å². The molecule has 3 aromatic rings. The maximum atomic E-state index is 12.1. The first kappa shape index (κ1) is 17.3. The fraction of sp³-hybridized carbons (Fsp3) is 0.273. The van der Waals surface area contributed by atoms with Gasteiger partial charge in [0.25, 0.3) is 0 Å². The number of hydrogen-bond donors (Lipinski definition) is 0. The van der Waals surface area contributed by atoms with Crippen LogP contribution < -0.4 is 10.4 Å². The van der Waals surface area contributed by atoms with Gasteiger partial charge in [-0.1, -0.05) is 12.1 Å². The Morgan fingerprint density at radius 3 is 2.63 bits per heavy atom. The van der Waals surface area contributed by atoms with Crippen molar-refractivity contribution in [1.82, 2.24) is 0 Å². The lowest BCUT2D eigenvalue weighted by Crippen LogP contribution is -2.07. The zero-order valence-corrected chi connectivity index (χ0v) is 15.1. The summed E-state index contributed by atoms with van der Waals surface area (Å²) in [6, 6.07) is 12.7. The number of ether oxygens (including phenoxy) is 2. The number of rotatable bonds is 5. The lowest BCUT2D eigenvalue weighted by atomic mass is 10.1. The van der Waals surface area contributed by atoms with Crippen molar-refractivity contribution in [3.8, 4) is 5.75 Å². The topological polar surface area (TPSA) is 65.7 Å². The molecule has 27 heavy (non-hydrogen) atoms. The Hall–Kier alpha value is -3.08. The van der Waals surface area contributed by atoms with E-state index >= 15 is 0 Å². The van der Waals surface area contributed by atoms with E-state index in [4.69, 9.17) is 13.9 Å². The second-order valence-electron chi connectivity index (χ2n) is 6.56. The molecule has 138 valence electrons. The van der Waals surface area contributed by atoms with Crippen LogP contribution in [0.3, 0.4) is 0 Å². The molecule has 0 unspecified atom stereocenters. The van der Waals surface area contributed by atoms with Crippen molar-refractivity contribution in [2.24, 2.45) is 0 Å². The minimum atomic E-state index is -0.331. The molecule has 1 heterocycles. The Labute approximate surface area is 156 Å². The van der Waals surface area contributed by atoms with Crippen LogP contribution in [0.2, 0.25) is 0 Å². The van der Waals surface area contributed by atoms with Gasteiger partial charge in [-0.3, -0.25) is 0 Å². The van der Waals surface area contributed by atoms with E-state index in [1.807, 2.05) is 24.3 Å². The van der Waals surface area contributed by atoms with Crippen molar-refractivity contribution in [3.63, 3.8) is 0 Å². The summed E-state index contributed by atoms with van der Waals surface area (Å²) < 4.78 is 16.3. The van der Waals surface area contributed by atoms with Crippen LogP contribution in [0.1, 0.15) is 40.4 Å². The standard InChI is InChI=1S/C22H20O5/c1-2-25-21(23)15-8-6-14(7-9-15)13-26-16-10-11-18-17-4-3-5-19(17)22(24)27-20(18)12-16/h6-12H,2-5,13H2,1H3. The Morgan fingerprint density at radius 2 is 1.85 bits per heavy atom. The SMILES string of the molecule is CCOC(=O)c1ccc(COc2ccc3c4c(c(=O)oc3c2)CCC4)cc1. The zero-order valence-electron chi connectivity index (χ0n) is 15.1. The Kier molecular flexibility index (Phi) is 4.67. The molecule has 2 aromatic carbocycles. The molecule has 0 N–H and O–H groups in total. The fourth-order valence-electron chi connectivity index (χ4n) is 3.47. The summed E-state index contributed by atoms with van der Waals surface area (Å²) in [5.74, 6) is 0.306. The molecule has 0 saturated heterocycles. The van der Waals surface area contributed by atoms with Crippen LogP contribution in [0.4, 0.5) is 0 Å². The van der Waals surface area contributed by atoms with Gasteiger partial charge in [-0.15, -0.1) is 0 Å². The molecule has 1 aliphatic carbocycles. The Bertz CT molecular complexity index is 1050. The van der Waals surface area contributed by atoms with E-state index < -0.39 is 0 Å². The van der Waals surface area contributed by atoms with Gasteiger partial charge in [0, 0.05) is 17.0 Å². The van der Waals surface area contributed by atoms with Crippen LogP contribution >= 0.6 is 0 Å². The number of hydrogen-bond acceptors (Lipinski definition) is 5. The van der Waals surface area contributed by atoms with Gasteiger partial charge < -0.3 is 13.9 Å². The van der Waals surface area contributed by atoms with Gasteiger partial charge in [0.15, 0.2) is 0 Å². The largest absolute Gasteiger partial charge is 0.489 e. The van der Waals surface area contributed by atoms with Crippen LogP contribution in [0, 0.1) is 0 Å². The lowest BCUT2D eigenvalue weighted by molar-refractivity contribution is 0.0526. The highest BCUT2D eigenvalue weighted by Gasteiger charge is 2.19. The number of benzene rings is 2. The normalized spacial score (nSPS) is 12.8. The van der Waals surface area contributed by atoms with Crippen LogP contribution in [-0.4, -0.2) is 12.6 Å². The molecule has 0 bridgehead atoms. The minimum absolute atomic E-state index is 0.235. The molecule has 0 spiro atoms. The summed E-state index contributed by atoms with van der Waals surface area (Å²) in [7, 11) is 0. The number of esters is 1. The second kappa shape index (κ2) is 7.27. The van der Waals surface area contributed by atoms with Crippen molar-refractivity contribution in [1.29, 1.82) is 0 Å². The van der Waals surface area contributed by atoms with E-state index in [0.717, 1.165) is 41.3 Å². The van der Waals surface area contributed by atoms with Gasteiger partial charge in [-0.2, -0.15) is 0 Å². The summed E-state index contributed by atoms with van der Waals surface area (Å²) in [5.41, 5.74) is 3.71. The summed E-state index contributed by atoms with van der Waals surface area (Å²) in [4.78, 5) is 23.8. The van der Waals surface area contributed by atoms with Crippen LogP contribution in [-0.2, 0) is 24.2 Å². The van der Waals surface area contributed by atoms with E-state index in [0.29, 0.717) is 30.1 Å². The Balaban J connectivity index is 1.50. The first-order chi connectivity index (χ1) is 13.2. The monoisotopic (exact) mass is 364 g/mol. The highest BCUT2D eigenvalue weighted by atomic mass is 16.5. The van der Waals surface area contributed by atoms with Gasteiger partial charge >= 0.3 is 11.6 Å². The van der Waals surface area contributed by atoms with E-state index in [-0.39, 0.29) is 11.6 Å². The molecule has 0 radical (unpaired) electrons. The molecule has 0 atom stereocenters. The number of fused-ring (bicyclic) bond motifs is 3. The number of carbonyl (C=O) groups is 1. The highest BCUT2D eigenvalue weighted by Crippen LogP contribution is 2.29.